The van der Waals surface area contributed by atoms with Gasteiger partial charge in [-0.15, -0.1) is 0 Å². The van der Waals surface area contributed by atoms with E-state index in [1.807, 2.05) is 6.07 Å². The average molecular weight is 419 g/mol. The summed E-state index contributed by atoms with van der Waals surface area (Å²) < 4.78 is 39.3. The van der Waals surface area contributed by atoms with Crippen LogP contribution >= 0.6 is 0 Å². The van der Waals surface area contributed by atoms with Crippen LogP contribution in [0.1, 0.15) is 19.8 Å². The number of ether oxygens (including phenoxy) is 2. The molecule has 1 aliphatic heterocycles. The average Bonchev–Trinajstić information content (AvgIpc) is 2.73. The maximum atomic E-state index is 14.6. The van der Waals surface area contributed by atoms with E-state index in [1.165, 1.54) is 12.1 Å². The molecule has 3 rings (SSSR count). The van der Waals surface area contributed by atoms with Gasteiger partial charge in [0.15, 0.2) is 17.4 Å². The molecule has 1 fully saturated rings. The number of carbonyl (C=O) groups is 1. The van der Waals surface area contributed by atoms with Crippen molar-refractivity contribution in [3.05, 3.63) is 42.1 Å². The quantitative estimate of drug-likeness (QED) is 0.482. The first-order valence-corrected chi connectivity index (χ1v) is 10.2. The summed E-state index contributed by atoms with van der Waals surface area (Å²) in [7, 11) is 2.06. The van der Waals surface area contributed by atoms with Gasteiger partial charge in [0.25, 0.3) is 0 Å². The molecule has 0 amide bonds. The lowest BCUT2D eigenvalue weighted by atomic mass is 10.0. The fourth-order valence-corrected chi connectivity index (χ4v) is 3.37. The van der Waals surface area contributed by atoms with Crippen LogP contribution < -0.4 is 9.64 Å². The molecular formula is C22H27F2N3O3. The Morgan fingerprint density at radius 3 is 2.53 bits per heavy atom. The number of hydrogen-bond donors (Lipinski definition) is 0. The number of esters is 1. The third-order valence-electron chi connectivity index (χ3n) is 4.98. The summed E-state index contributed by atoms with van der Waals surface area (Å²) in [4.78, 5) is 20.2. The van der Waals surface area contributed by atoms with E-state index in [0.717, 1.165) is 26.2 Å². The van der Waals surface area contributed by atoms with Crippen LogP contribution in [-0.4, -0.2) is 62.3 Å². The van der Waals surface area contributed by atoms with Gasteiger partial charge in [0, 0.05) is 44.4 Å². The highest BCUT2D eigenvalue weighted by molar-refractivity contribution is 5.76. The Kier molecular flexibility index (Phi) is 7.57. The summed E-state index contributed by atoms with van der Waals surface area (Å²) in [5.41, 5.74) is 1.08. The number of pyridine rings is 1. The largest absolute Gasteiger partial charge is 0.488 e. The minimum absolute atomic E-state index is 0.0193. The smallest absolute Gasteiger partial charge is 0.305 e. The van der Waals surface area contributed by atoms with Crippen LogP contribution in [0, 0.1) is 11.6 Å². The van der Waals surface area contributed by atoms with Crippen molar-refractivity contribution < 1.29 is 23.0 Å². The Morgan fingerprint density at radius 1 is 1.17 bits per heavy atom. The molecule has 0 N–H and O–H groups in total. The van der Waals surface area contributed by atoms with Crippen molar-refractivity contribution >= 4 is 11.8 Å². The molecule has 0 atom stereocenters. The lowest BCUT2D eigenvalue weighted by Gasteiger charge is -2.34. The molecule has 0 unspecified atom stereocenters. The van der Waals surface area contributed by atoms with Gasteiger partial charge in [0.2, 0.25) is 0 Å². The van der Waals surface area contributed by atoms with Crippen LogP contribution in [0.4, 0.5) is 14.6 Å². The van der Waals surface area contributed by atoms with Gasteiger partial charge in [-0.1, -0.05) is 0 Å². The van der Waals surface area contributed by atoms with Crippen molar-refractivity contribution in [2.45, 2.75) is 19.8 Å². The number of likely N-dealkylation sites (N-methyl/N-ethyl adjacent to an activating group) is 1. The van der Waals surface area contributed by atoms with Crippen LogP contribution in [0.15, 0.2) is 30.5 Å². The molecule has 1 aromatic heterocycles. The van der Waals surface area contributed by atoms with Gasteiger partial charge in [0.1, 0.15) is 5.82 Å². The molecule has 1 aromatic carbocycles. The molecule has 8 heteroatoms. The standard InChI is InChI=1S/C22H27F2N3O3/c1-3-29-20(28)7-5-13-30-21-18(23)14-16(15-19(21)24)17-6-4-8-25-22(17)27-11-9-26(2)10-12-27/h4,6,8,14-15H,3,5,7,9-13H2,1-2H3. The number of anilines is 1. The maximum Gasteiger partial charge on any atom is 0.305 e. The lowest BCUT2D eigenvalue weighted by Crippen LogP contribution is -2.45. The molecule has 0 aliphatic carbocycles. The van der Waals surface area contributed by atoms with E-state index in [4.69, 9.17) is 9.47 Å². The summed E-state index contributed by atoms with van der Waals surface area (Å²) in [5.74, 6) is -1.64. The van der Waals surface area contributed by atoms with Gasteiger partial charge < -0.3 is 19.3 Å². The Hall–Kier alpha value is -2.74. The number of aromatic nitrogens is 1. The number of carbonyl (C=O) groups excluding carboxylic acids is 1. The zero-order valence-corrected chi connectivity index (χ0v) is 17.4. The molecule has 2 aromatic rings. The van der Waals surface area contributed by atoms with E-state index < -0.39 is 17.4 Å². The molecule has 1 aliphatic rings. The van der Waals surface area contributed by atoms with Crippen molar-refractivity contribution in [2.24, 2.45) is 0 Å². The van der Waals surface area contributed by atoms with Gasteiger partial charge in [-0.25, -0.2) is 13.8 Å². The molecular weight excluding hydrogens is 392 g/mol. The van der Waals surface area contributed by atoms with Gasteiger partial charge in [0.05, 0.1) is 13.2 Å². The van der Waals surface area contributed by atoms with Crippen LogP contribution in [0.25, 0.3) is 11.1 Å². The Morgan fingerprint density at radius 2 is 1.87 bits per heavy atom. The fourth-order valence-electron chi connectivity index (χ4n) is 3.37. The minimum atomic E-state index is -0.783. The summed E-state index contributed by atoms with van der Waals surface area (Å²) in [5, 5.41) is 0. The summed E-state index contributed by atoms with van der Waals surface area (Å²) >= 11 is 0. The van der Waals surface area contributed by atoms with Gasteiger partial charge in [-0.05, 0) is 50.2 Å². The molecule has 6 nitrogen and oxygen atoms in total. The lowest BCUT2D eigenvalue weighted by molar-refractivity contribution is -0.143. The maximum absolute atomic E-state index is 14.6. The van der Waals surface area contributed by atoms with E-state index in [-0.39, 0.29) is 19.0 Å². The van der Waals surface area contributed by atoms with E-state index >= 15 is 0 Å². The molecule has 0 radical (unpaired) electrons. The highest BCUT2D eigenvalue weighted by atomic mass is 19.1. The number of rotatable bonds is 8. The van der Waals surface area contributed by atoms with Gasteiger partial charge in [-0.2, -0.15) is 0 Å². The molecule has 162 valence electrons. The predicted molar refractivity (Wildman–Crippen MR) is 111 cm³/mol. The second-order valence-electron chi connectivity index (χ2n) is 7.19. The van der Waals surface area contributed by atoms with Crippen LogP contribution in [0.3, 0.4) is 0 Å². The Bertz CT molecular complexity index is 847. The Balaban J connectivity index is 1.73. The summed E-state index contributed by atoms with van der Waals surface area (Å²) in [6.07, 6.45) is 2.14. The first kappa shape index (κ1) is 22.0. The summed E-state index contributed by atoms with van der Waals surface area (Å²) in [6.45, 7) is 5.44. The fraction of sp³-hybridized carbons (Fsp3) is 0.455. The number of piperazine rings is 1. The molecule has 1 saturated heterocycles. The monoisotopic (exact) mass is 419 g/mol. The number of hydrogen-bond acceptors (Lipinski definition) is 6. The zero-order valence-electron chi connectivity index (χ0n) is 17.4. The predicted octanol–water partition coefficient (Wildman–Crippen LogP) is 3.50. The SMILES string of the molecule is CCOC(=O)CCCOc1c(F)cc(-c2cccnc2N2CCN(C)CC2)cc1F. The first-order valence-electron chi connectivity index (χ1n) is 10.2. The topological polar surface area (TPSA) is 54.9 Å². The molecule has 2 heterocycles. The van der Waals surface area contributed by atoms with Crippen molar-refractivity contribution in [3.8, 4) is 16.9 Å². The van der Waals surface area contributed by atoms with Crippen molar-refractivity contribution in [1.29, 1.82) is 0 Å². The van der Waals surface area contributed by atoms with Gasteiger partial charge >= 0.3 is 5.97 Å². The minimum Gasteiger partial charge on any atom is -0.488 e. The normalized spacial score (nSPS) is 14.6. The van der Waals surface area contributed by atoms with E-state index in [1.54, 1.807) is 19.2 Å². The second kappa shape index (κ2) is 10.3. The van der Waals surface area contributed by atoms with Gasteiger partial charge in [-0.3, -0.25) is 4.79 Å². The Labute approximate surface area is 175 Å². The first-order chi connectivity index (χ1) is 14.5. The molecule has 0 saturated carbocycles. The highest BCUT2D eigenvalue weighted by Gasteiger charge is 2.21. The summed E-state index contributed by atoms with van der Waals surface area (Å²) in [6, 6.07) is 6.10. The highest BCUT2D eigenvalue weighted by Crippen LogP contribution is 2.34. The van der Waals surface area contributed by atoms with Crippen molar-refractivity contribution in [1.82, 2.24) is 9.88 Å². The van der Waals surface area contributed by atoms with E-state index in [9.17, 15) is 13.6 Å². The second-order valence-corrected chi connectivity index (χ2v) is 7.19. The third kappa shape index (κ3) is 5.44. The zero-order chi connectivity index (χ0) is 21.5. The van der Waals surface area contributed by atoms with E-state index in [0.29, 0.717) is 30.0 Å². The van der Waals surface area contributed by atoms with Crippen molar-refractivity contribution in [2.75, 3.05) is 51.3 Å². The number of halogens is 2. The number of nitrogens with zero attached hydrogens (tertiary/aromatic N) is 3. The molecule has 0 bridgehead atoms. The van der Waals surface area contributed by atoms with E-state index in [2.05, 4.69) is 21.8 Å². The van der Waals surface area contributed by atoms with Crippen LogP contribution in [0.2, 0.25) is 0 Å². The third-order valence-corrected chi connectivity index (χ3v) is 4.98. The molecule has 30 heavy (non-hydrogen) atoms. The van der Waals surface area contributed by atoms with Crippen molar-refractivity contribution in [3.63, 3.8) is 0 Å². The number of benzene rings is 1. The van der Waals surface area contributed by atoms with Crippen LogP contribution in [-0.2, 0) is 9.53 Å². The van der Waals surface area contributed by atoms with Crippen LogP contribution in [0.5, 0.6) is 5.75 Å². The molecule has 0 spiro atoms.